The molecular weight excluding hydrogens is 276 g/mol. The van der Waals surface area contributed by atoms with Crippen molar-refractivity contribution in [2.45, 2.75) is 26.3 Å². The zero-order valence-electron chi connectivity index (χ0n) is 12.7. The Kier molecular flexibility index (Phi) is 4.32. The molecule has 0 aliphatic carbocycles. The summed E-state index contributed by atoms with van der Waals surface area (Å²) in [6.07, 6.45) is 3.79. The van der Waals surface area contributed by atoms with E-state index < -0.39 is 0 Å². The predicted molar refractivity (Wildman–Crippen MR) is 85.7 cm³/mol. The van der Waals surface area contributed by atoms with Crippen molar-refractivity contribution in [3.8, 4) is 0 Å². The lowest BCUT2D eigenvalue weighted by Crippen LogP contribution is -2.28. The highest BCUT2D eigenvalue weighted by molar-refractivity contribution is 5.92. The van der Waals surface area contributed by atoms with Crippen molar-refractivity contribution in [1.82, 2.24) is 14.9 Å². The van der Waals surface area contributed by atoms with Gasteiger partial charge in [-0.2, -0.15) is 0 Å². The molecule has 1 N–H and O–H groups in total. The van der Waals surface area contributed by atoms with Gasteiger partial charge in [-0.3, -0.25) is 4.79 Å². The Morgan fingerprint density at radius 1 is 1.23 bits per heavy atom. The predicted octanol–water partition coefficient (Wildman–Crippen LogP) is 2.63. The fraction of sp³-hybridized carbons (Fsp3) is 0.353. The second kappa shape index (κ2) is 6.56. The highest BCUT2D eigenvalue weighted by Gasteiger charge is 2.20. The summed E-state index contributed by atoms with van der Waals surface area (Å²) in [7, 11) is 0. The van der Waals surface area contributed by atoms with Crippen LogP contribution in [0, 0.1) is 6.92 Å². The molecule has 1 aliphatic heterocycles. The SMILES string of the molecule is Cc1ccccc1CNc1nccc(C(=O)N2CCCC2)n1. The number of hydrogen-bond donors (Lipinski definition) is 1. The summed E-state index contributed by atoms with van der Waals surface area (Å²) in [6.45, 7) is 4.38. The molecule has 1 aliphatic rings. The molecule has 1 saturated heterocycles. The average molecular weight is 296 g/mol. The molecule has 2 heterocycles. The average Bonchev–Trinajstić information content (AvgIpc) is 3.08. The number of aryl methyl sites for hydroxylation is 1. The number of carbonyl (C=O) groups excluding carboxylic acids is 1. The third-order valence-corrected chi connectivity index (χ3v) is 3.97. The van der Waals surface area contributed by atoms with Crippen molar-refractivity contribution in [3.05, 3.63) is 53.3 Å². The Labute approximate surface area is 130 Å². The van der Waals surface area contributed by atoms with Crippen molar-refractivity contribution in [1.29, 1.82) is 0 Å². The number of amides is 1. The minimum Gasteiger partial charge on any atom is -0.350 e. The van der Waals surface area contributed by atoms with E-state index in [2.05, 4.69) is 34.3 Å². The van der Waals surface area contributed by atoms with Crippen LogP contribution in [0.5, 0.6) is 0 Å². The van der Waals surface area contributed by atoms with Gasteiger partial charge in [-0.1, -0.05) is 24.3 Å². The van der Waals surface area contributed by atoms with Crippen molar-refractivity contribution in [2.75, 3.05) is 18.4 Å². The molecule has 0 unspecified atom stereocenters. The summed E-state index contributed by atoms with van der Waals surface area (Å²) in [5, 5.41) is 3.19. The smallest absolute Gasteiger partial charge is 0.272 e. The fourth-order valence-electron chi connectivity index (χ4n) is 2.63. The maximum Gasteiger partial charge on any atom is 0.272 e. The van der Waals surface area contributed by atoms with E-state index in [0.29, 0.717) is 18.2 Å². The van der Waals surface area contributed by atoms with Crippen LogP contribution in [0.1, 0.15) is 34.5 Å². The molecule has 0 spiro atoms. The summed E-state index contributed by atoms with van der Waals surface area (Å²) in [5.74, 6) is 0.493. The van der Waals surface area contributed by atoms with Gasteiger partial charge < -0.3 is 10.2 Å². The number of nitrogens with one attached hydrogen (secondary N) is 1. The van der Waals surface area contributed by atoms with Crippen molar-refractivity contribution in [3.63, 3.8) is 0 Å². The van der Waals surface area contributed by atoms with E-state index in [9.17, 15) is 4.79 Å². The monoisotopic (exact) mass is 296 g/mol. The van der Waals surface area contributed by atoms with Gasteiger partial charge in [0.05, 0.1) is 0 Å². The third kappa shape index (κ3) is 3.24. The first kappa shape index (κ1) is 14.5. The molecule has 3 rings (SSSR count). The standard InChI is InChI=1S/C17H20N4O/c1-13-6-2-3-7-14(13)12-19-17-18-9-8-15(20-17)16(22)21-10-4-5-11-21/h2-3,6-9H,4-5,10-12H2,1H3,(H,18,19,20). The molecule has 1 aromatic carbocycles. The van der Waals surface area contributed by atoms with Crippen LogP contribution in [0.25, 0.3) is 0 Å². The molecule has 1 amide bonds. The zero-order chi connectivity index (χ0) is 15.4. The number of aromatic nitrogens is 2. The number of nitrogens with zero attached hydrogens (tertiary/aromatic N) is 3. The molecule has 1 fully saturated rings. The zero-order valence-corrected chi connectivity index (χ0v) is 12.7. The van der Waals surface area contributed by atoms with Crippen LogP contribution in [0.3, 0.4) is 0 Å². The lowest BCUT2D eigenvalue weighted by atomic mass is 10.1. The van der Waals surface area contributed by atoms with Gasteiger partial charge in [0.1, 0.15) is 5.69 Å². The lowest BCUT2D eigenvalue weighted by molar-refractivity contribution is 0.0787. The van der Waals surface area contributed by atoms with Crippen LogP contribution in [0.15, 0.2) is 36.5 Å². The molecule has 0 radical (unpaired) electrons. The molecule has 114 valence electrons. The van der Waals surface area contributed by atoms with Crippen LogP contribution >= 0.6 is 0 Å². The van der Waals surface area contributed by atoms with Gasteiger partial charge in [-0.15, -0.1) is 0 Å². The van der Waals surface area contributed by atoms with E-state index >= 15 is 0 Å². The van der Waals surface area contributed by atoms with E-state index in [0.717, 1.165) is 25.9 Å². The molecule has 22 heavy (non-hydrogen) atoms. The Morgan fingerprint density at radius 3 is 2.77 bits per heavy atom. The van der Waals surface area contributed by atoms with Crippen molar-refractivity contribution >= 4 is 11.9 Å². The van der Waals surface area contributed by atoms with Gasteiger partial charge >= 0.3 is 0 Å². The molecule has 0 saturated carbocycles. The normalized spacial score (nSPS) is 14.1. The summed E-state index contributed by atoms with van der Waals surface area (Å²) in [5.41, 5.74) is 2.88. The lowest BCUT2D eigenvalue weighted by Gasteiger charge is -2.15. The summed E-state index contributed by atoms with van der Waals surface area (Å²) >= 11 is 0. The number of hydrogen-bond acceptors (Lipinski definition) is 4. The van der Waals surface area contributed by atoms with Gasteiger partial charge in [-0.25, -0.2) is 9.97 Å². The van der Waals surface area contributed by atoms with E-state index in [-0.39, 0.29) is 5.91 Å². The molecule has 0 bridgehead atoms. The Hall–Kier alpha value is -2.43. The number of carbonyl (C=O) groups is 1. The Balaban J connectivity index is 1.68. The minimum atomic E-state index is -0.00107. The first-order chi connectivity index (χ1) is 10.7. The number of likely N-dealkylation sites (tertiary alicyclic amines) is 1. The maximum atomic E-state index is 12.3. The van der Waals surface area contributed by atoms with Gasteiger partial charge in [0.2, 0.25) is 5.95 Å². The topological polar surface area (TPSA) is 58.1 Å². The summed E-state index contributed by atoms with van der Waals surface area (Å²) in [4.78, 5) is 22.7. The van der Waals surface area contributed by atoms with Crippen molar-refractivity contribution in [2.24, 2.45) is 0 Å². The molecule has 1 aromatic heterocycles. The highest BCUT2D eigenvalue weighted by atomic mass is 16.2. The minimum absolute atomic E-state index is 0.00107. The molecule has 5 nitrogen and oxygen atoms in total. The van der Waals surface area contributed by atoms with Crippen LogP contribution in [-0.4, -0.2) is 33.9 Å². The van der Waals surface area contributed by atoms with Crippen molar-refractivity contribution < 1.29 is 4.79 Å². The number of anilines is 1. The molecule has 2 aromatic rings. The Bertz CT molecular complexity index is 665. The first-order valence-electron chi connectivity index (χ1n) is 7.65. The Morgan fingerprint density at radius 2 is 2.00 bits per heavy atom. The van der Waals surface area contributed by atoms with Crippen LogP contribution < -0.4 is 5.32 Å². The summed E-state index contributed by atoms with van der Waals surface area (Å²) < 4.78 is 0. The van der Waals surface area contributed by atoms with E-state index in [1.807, 2.05) is 17.0 Å². The fourth-order valence-corrected chi connectivity index (χ4v) is 2.63. The van der Waals surface area contributed by atoms with E-state index in [1.54, 1.807) is 12.3 Å². The van der Waals surface area contributed by atoms with E-state index in [4.69, 9.17) is 0 Å². The number of benzene rings is 1. The van der Waals surface area contributed by atoms with Crippen LogP contribution in [0.2, 0.25) is 0 Å². The first-order valence-corrected chi connectivity index (χ1v) is 7.65. The summed E-state index contributed by atoms with van der Waals surface area (Å²) in [6, 6.07) is 9.86. The van der Waals surface area contributed by atoms with Gasteiger partial charge in [-0.05, 0) is 37.0 Å². The van der Waals surface area contributed by atoms with Crippen LogP contribution in [0.4, 0.5) is 5.95 Å². The molecular formula is C17H20N4O. The quantitative estimate of drug-likeness (QED) is 0.942. The van der Waals surface area contributed by atoms with Gasteiger partial charge in [0.25, 0.3) is 5.91 Å². The second-order valence-corrected chi connectivity index (χ2v) is 5.54. The van der Waals surface area contributed by atoms with Gasteiger partial charge in [0.15, 0.2) is 0 Å². The largest absolute Gasteiger partial charge is 0.350 e. The van der Waals surface area contributed by atoms with E-state index in [1.165, 1.54) is 11.1 Å². The molecule has 5 heteroatoms. The number of rotatable bonds is 4. The van der Waals surface area contributed by atoms with Crippen LogP contribution in [-0.2, 0) is 6.54 Å². The third-order valence-electron chi connectivity index (χ3n) is 3.97. The van der Waals surface area contributed by atoms with Gasteiger partial charge in [0, 0.05) is 25.8 Å². The molecule has 0 atom stereocenters. The second-order valence-electron chi connectivity index (χ2n) is 5.54. The maximum absolute atomic E-state index is 12.3. The highest BCUT2D eigenvalue weighted by Crippen LogP contribution is 2.13.